The van der Waals surface area contributed by atoms with Crippen molar-refractivity contribution in [3.05, 3.63) is 28.6 Å². The van der Waals surface area contributed by atoms with Crippen LogP contribution in [0, 0.1) is 22.6 Å². The molecule has 1 rings (SSSR count). The predicted molar refractivity (Wildman–Crippen MR) is 92.8 cm³/mol. The number of carboxylic acids is 2. The van der Waals surface area contributed by atoms with Gasteiger partial charge >= 0.3 is 11.9 Å². The first-order chi connectivity index (χ1) is 11.7. The van der Waals surface area contributed by atoms with Gasteiger partial charge in [0.15, 0.2) is 5.41 Å². The normalized spacial score (nSPS) is 12.4. The highest BCUT2D eigenvalue weighted by atomic mass is 19.1. The fourth-order valence-electron chi connectivity index (χ4n) is 3.32. The summed E-state index contributed by atoms with van der Waals surface area (Å²) in [4.78, 5) is 24.4. The van der Waals surface area contributed by atoms with E-state index in [1.165, 1.54) is 27.9 Å². The maximum atomic E-state index is 14.7. The first-order valence-corrected chi connectivity index (χ1v) is 7.96. The summed E-state index contributed by atoms with van der Waals surface area (Å²) in [7, 11) is 1.24. The fourth-order valence-corrected chi connectivity index (χ4v) is 3.32. The molecule has 0 atom stereocenters. The zero-order valence-corrected chi connectivity index (χ0v) is 16.0. The van der Waals surface area contributed by atoms with Crippen molar-refractivity contribution in [3.63, 3.8) is 0 Å². The quantitative estimate of drug-likeness (QED) is 0.791. The van der Waals surface area contributed by atoms with E-state index in [0.717, 1.165) is 6.07 Å². The molecule has 7 heteroatoms. The van der Waals surface area contributed by atoms with Gasteiger partial charge in [0.05, 0.1) is 12.7 Å². The van der Waals surface area contributed by atoms with Crippen LogP contribution in [-0.2, 0) is 20.4 Å². The third-order valence-electron chi connectivity index (χ3n) is 4.47. The first-order valence-electron chi connectivity index (χ1n) is 7.96. The van der Waals surface area contributed by atoms with Crippen LogP contribution in [0.5, 0.6) is 5.75 Å². The molecule has 26 heavy (non-hydrogen) atoms. The summed E-state index contributed by atoms with van der Waals surface area (Å²) in [6.45, 7) is 9.45. The van der Waals surface area contributed by atoms with Gasteiger partial charge in [-0.1, -0.05) is 41.5 Å². The van der Waals surface area contributed by atoms with Crippen molar-refractivity contribution in [1.82, 2.24) is 0 Å². The highest BCUT2D eigenvalue weighted by Gasteiger charge is 2.59. The molecule has 0 heterocycles. The summed E-state index contributed by atoms with van der Waals surface area (Å²) in [6.07, 6.45) is 0. The van der Waals surface area contributed by atoms with Crippen LogP contribution in [0.4, 0.5) is 4.39 Å². The van der Waals surface area contributed by atoms with Crippen LogP contribution in [0.15, 0.2) is 6.07 Å². The van der Waals surface area contributed by atoms with E-state index in [1.54, 1.807) is 26.8 Å². The predicted octanol–water partition coefficient (Wildman–Crippen LogP) is 3.46. The van der Waals surface area contributed by atoms with Crippen LogP contribution >= 0.6 is 0 Å². The summed E-state index contributed by atoms with van der Waals surface area (Å²) in [6, 6.07) is 2.56. The maximum Gasteiger partial charge on any atom is 0.326 e. The van der Waals surface area contributed by atoms with Crippen LogP contribution in [-0.4, -0.2) is 29.3 Å². The van der Waals surface area contributed by atoms with Gasteiger partial charge in [0.25, 0.3) is 0 Å². The number of methoxy groups -OCH3 is 1. The number of halogens is 1. The Bertz CT molecular complexity index is 780. The number of carboxylic acid groups (broad SMARTS) is 2. The molecule has 1 aromatic rings. The molecule has 1 aromatic carbocycles. The average molecular weight is 365 g/mol. The molecule has 0 aliphatic heterocycles. The zero-order valence-electron chi connectivity index (χ0n) is 16.0. The van der Waals surface area contributed by atoms with E-state index < -0.39 is 34.0 Å². The van der Waals surface area contributed by atoms with Crippen molar-refractivity contribution >= 4 is 11.9 Å². The minimum atomic E-state index is -2.48. The van der Waals surface area contributed by atoms with Crippen molar-refractivity contribution < 1.29 is 28.9 Å². The number of rotatable bonds is 4. The molecule has 0 saturated carbocycles. The Balaban J connectivity index is 4.30. The first kappa shape index (κ1) is 21.4. The molecule has 0 radical (unpaired) electrons. The van der Waals surface area contributed by atoms with Crippen LogP contribution < -0.4 is 4.74 Å². The average Bonchev–Trinajstić information content (AvgIpc) is 2.43. The SMILES string of the molecule is COc1c(C(C(=O)O)(C(=O)O)C(C)(C)C)cc(F)c(C#N)c1C(C)(C)C. The van der Waals surface area contributed by atoms with E-state index in [9.17, 15) is 29.5 Å². The van der Waals surface area contributed by atoms with Gasteiger partial charge in [-0.25, -0.2) is 4.39 Å². The van der Waals surface area contributed by atoms with Crippen molar-refractivity contribution in [2.45, 2.75) is 52.4 Å². The van der Waals surface area contributed by atoms with Gasteiger partial charge in [-0.3, -0.25) is 9.59 Å². The number of hydrogen-bond donors (Lipinski definition) is 2. The molecule has 0 amide bonds. The Labute approximate surface area is 152 Å². The van der Waals surface area contributed by atoms with E-state index in [0.29, 0.717) is 0 Å². The van der Waals surface area contributed by atoms with Crippen molar-refractivity contribution in [3.8, 4) is 11.8 Å². The van der Waals surface area contributed by atoms with Gasteiger partial charge < -0.3 is 14.9 Å². The number of nitriles is 1. The summed E-state index contributed by atoms with van der Waals surface area (Å²) >= 11 is 0. The molecule has 0 fully saturated rings. The summed E-state index contributed by atoms with van der Waals surface area (Å²) < 4.78 is 20.1. The number of carbonyl (C=O) groups is 2. The Morgan fingerprint density at radius 3 is 1.85 bits per heavy atom. The van der Waals surface area contributed by atoms with Crippen molar-refractivity contribution in [1.29, 1.82) is 5.26 Å². The van der Waals surface area contributed by atoms with Crippen LogP contribution in [0.1, 0.15) is 58.2 Å². The van der Waals surface area contributed by atoms with Gasteiger partial charge in [0.1, 0.15) is 17.6 Å². The fraction of sp³-hybridized carbons (Fsp3) is 0.526. The second-order valence-electron chi connectivity index (χ2n) is 8.16. The summed E-state index contributed by atoms with van der Waals surface area (Å²) in [5.41, 5.74) is -5.09. The van der Waals surface area contributed by atoms with Gasteiger partial charge in [0, 0.05) is 11.1 Å². The molecule has 142 valence electrons. The summed E-state index contributed by atoms with van der Waals surface area (Å²) in [5.74, 6) is -4.36. The lowest BCUT2D eigenvalue weighted by Crippen LogP contribution is -2.54. The lowest BCUT2D eigenvalue weighted by molar-refractivity contribution is -0.164. The van der Waals surface area contributed by atoms with Gasteiger partial charge in [-0.15, -0.1) is 0 Å². The van der Waals surface area contributed by atoms with E-state index in [1.807, 2.05) is 0 Å². The number of aliphatic carboxylic acids is 2. The second-order valence-corrected chi connectivity index (χ2v) is 8.16. The third-order valence-corrected chi connectivity index (χ3v) is 4.47. The number of nitrogens with zero attached hydrogens (tertiary/aromatic N) is 1. The number of hydrogen-bond acceptors (Lipinski definition) is 4. The van der Waals surface area contributed by atoms with Crippen LogP contribution in [0.2, 0.25) is 0 Å². The second kappa shape index (κ2) is 6.60. The Morgan fingerprint density at radius 2 is 1.58 bits per heavy atom. The lowest BCUT2D eigenvalue weighted by Gasteiger charge is -2.39. The maximum absolute atomic E-state index is 14.7. The highest BCUT2D eigenvalue weighted by Crippen LogP contribution is 2.49. The Kier molecular flexibility index (Phi) is 5.44. The largest absolute Gasteiger partial charge is 0.496 e. The standard InChI is InChI=1S/C19H24FNO5/c1-17(2,3)13-10(9-21)12(20)8-11(14(13)26-7)19(15(22)23,16(24)25)18(4,5)6/h8H,1-7H3,(H,22,23)(H,24,25). The molecular formula is C19H24FNO5. The minimum Gasteiger partial charge on any atom is -0.496 e. The van der Waals surface area contributed by atoms with Gasteiger partial charge in [0.2, 0.25) is 0 Å². The van der Waals surface area contributed by atoms with E-state index >= 15 is 0 Å². The molecule has 0 spiro atoms. The Hall–Kier alpha value is -2.62. The molecule has 0 aromatic heterocycles. The summed E-state index contributed by atoms with van der Waals surface area (Å²) in [5, 5.41) is 29.2. The van der Waals surface area contributed by atoms with E-state index in [2.05, 4.69) is 0 Å². The van der Waals surface area contributed by atoms with Crippen molar-refractivity contribution in [2.75, 3.05) is 7.11 Å². The molecule has 6 nitrogen and oxygen atoms in total. The van der Waals surface area contributed by atoms with Crippen LogP contribution in [0.3, 0.4) is 0 Å². The highest BCUT2D eigenvalue weighted by molar-refractivity contribution is 6.06. The van der Waals surface area contributed by atoms with Gasteiger partial charge in [-0.2, -0.15) is 5.26 Å². The van der Waals surface area contributed by atoms with E-state index in [4.69, 9.17) is 4.74 Å². The smallest absolute Gasteiger partial charge is 0.326 e. The molecule has 0 aliphatic rings. The molecule has 0 unspecified atom stereocenters. The molecule has 2 N–H and O–H groups in total. The molecule has 0 saturated heterocycles. The number of benzene rings is 1. The van der Waals surface area contributed by atoms with Crippen molar-refractivity contribution in [2.24, 2.45) is 5.41 Å². The number of ether oxygens (including phenoxy) is 1. The minimum absolute atomic E-state index is 0.102. The van der Waals surface area contributed by atoms with E-state index in [-0.39, 0.29) is 22.4 Å². The monoisotopic (exact) mass is 365 g/mol. The third kappa shape index (κ3) is 3.00. The molecular weight excluding hydrogens is 341 g/mol. The molecule has 0 aliphatic carbocycles. The molecule has 0 bridgehead atoms. The Morgan fingerprint density at radius 1 is 1.12 bits per heavy atom. The topological polar surface area (TPSA) is 108 Å². The zero-order chi connectivity index (χ0) is 20.7. The van der Waals surface area contributed by atoms with Gasteiger partial charge in [-0.05, 0) is 16.9 Å². The van der Waals surface area contributed by atoms with Crippen LogP contribution in [0.25, 0.3) is 0 Å². The lowest BCUT2D eigenvalue weighted by atomic mass is 9.61.